The monoisotopic (exact) mass is 502 g/mol. The topological polar surface area (TPSA) is 27.0 Å². The third-order valence-electron chi connectivity index (χ3n) is 8.88. The van der Waals surface area contributed by atoms with Crippen LogP contribution in [0, 0.1) is 11.3 Å². The highest BCUT2D eigenvalue weighted by Crippen LogP contribution is 2.52. The Labute approximate surface area is 230 Å². The van der Waals surface area contributed by atoms with Gasteiger partial charge in [-0.3, -0.25) is 0 Å². The molecule has 0 N–H and O–H groups in total. The fourth-order valence-corrected chi connectivity index (χ4v) is 6.82. The predicted molar refractivity (Wildman–Crippen MR) is 161 cm³/mol. The molecule has 7 rings (SSSR count). The molecule has 0 fully saturated rings. The normalized spacial score (nSPS) is 15.1. The zero-order chi connectivity index (χ0) is 26.9. The Morgan fingerprint density at radius 3 is 1.46 bits per heavy atom. The lowest BCUT2D eigenvalue weighted by Crippen LogP contribution is -2.18. The second-order valence-electron chi connectivity index (χ2n) is 11.8. The van der Waals surface area contributed by atoms with Gasteiger partial charge in [-0.15, -0.1) is 0 Å². The second-order valence-corrected chi connectivity index (χ2v) is 11.8. The van der Waals surface area contributed by atoms with E-state index in [1.54, 1.807) is 0 Å². The van der Waals surface area contributed by atoms with E-state index in [0.29, 0.717) is 5.56 Å². The Balaban J connectivity index is 1.43. The standard InChI is InChI=1S/C37H30N2/c1-36(2)32-14-7-5-12-28(32)30-18-16-26(21-34(30)36)39(25-11-9-10-24(20-25)23-38)27-17-19-31-29-13-6-8-15-33(29)37(3,4)35(31)22-27/h5-22H,1-4H3. The van der Waals surface area contributed by atoms with Crippen molar-refractivity contribution < 1.29 is 0 Å². The Hall–Kier alpha value is -4.61. The Morgan fingerprint density at radius 2 is 0.949 bits per heavy atom. The highest BCUT2D eigenvalue weighted by molar-refractivity contribution is 5.88. The van der Waals surface area contributed by atoms with Gasteiger partial charge in [0.15, 0.2) is 0 Å². The van der Waals surface area contributed by atoms with Crippen molar-refractivity contribution in [1.29, 1.82) is 5.26 Å². The van der Waals surface area contributed by atoms with Crippen molar-refractivity contribution in [1.82, 2.24) is 0 Å². The summed E-state index contributed by atoms with van der Waals surface area (Å²) in [6, 6.07) is 41.4. The first-order valence-corrected chi connectivity index (χ1v) is 13.6. The van der Waals surface area contributed by atoms with Crippen LogP contribution in [-0.2, 0) is 10.8 Å². The highest BCUT2D eigenvalue weighted by atomic mass is 15.1. The van der Waals surface area contributed by atoms with Crippen LogP contribution in [0.15, 0.2) is 109 Å². The van der Waals surface area contributed by atoms with Crippen LogP contribution in [0.25, 0.3) is 22.3 Å². The summed E-state index contributed by atoms with van der Waals surface area (Å²) in [6.45, 7) is 9.27. The van der Waals surface area contributed by atoms with E-state index in [4.69, 9.17) is 0 Å². The number of nitrogens with zero attached hydrogens (tertiary/aromatic N) is 2. The van der Waals surface area contributed by atoms with Crippen molar-refractivity contribution in [3.63, 3.8) is 0 Å². The molecule has 0 bridgehead atoms. The first kappa shape index (κ1) is 23.5. The Bertz CT molecular complexity index is 1730. The van der Waals surface area contributed by atoms with Crippen LogP contribution in [0.5, 0.6) is 0 Å². The third kappa shape index (κ3) is 3.33. The van der Waals surface area contributed by atoms with Crippen molar-refractivity contribution in [3.8, 4) is 28.3 Å². The summed E-state index contributed by atoms with van der Waals surface area (Å²) in [5.74, 6) is 0. The van der Waals surface area contributed by atoms with E-state index in [0.717, 1.165) is 17.1 Å². The number of nitriles is 1. The molecule has 2 aliphatic carbocycles. The van der Waals surface area contributed by atoms with Crippen LogP contribution < -0.4 is 4.90 Å². The minimum absolute atomic E-state index is 0.0936. The van der Waals surface area contributed by atoms with E-state index in [1.165, 1.54) is 44.5 Å². The van der Waals surface area contributed by atoms with Crippen molar-refractivity contribution in [2.45, 2.75) is 38.5 Å². The summed E-state index contributed by atoms with van der Waals surface area (Å²) in [5.41, 5.74) is 14.3. The van der Waals surface area contributed by atoms with Gasteiger partial charge in [0.2, 0.25) is 0 Å². The minimum Gasteiger partial charge on any atom is -0.310 e. The smallest absolute Gasteiger partial charge is 0.0992 e. The predicted octanol–water partition coefficient (Wildman–Crippen LogP) is 9.64. The molecule has 2 heteroatoms. The van der Waals surface area contributed by atoms with Gasteiger partial charge >= 0.3 is 0 Å². The molecule has 0 atom stereocenters. The summed E-state index contributed by atoms with van der Waals surface area (Å²) >= 11 is 0. The zero-order valence-electron chi connectivity index (χ0n) is 22.8. The van der Waals surface area contributed by atoms with Crippen molar-refractivity contribution >= 4 is 17.1 Å². The number of rotatable bonds is 3. The van der Waals surface area contributed by atoms with Gasteiger partial charge in [0.05, 0.1) is 11.6 Å². The molecule has 0 heterocycles. The van der Waals surface area contributed by atoms with Gasteiger partial charge < -0.3 is 4.90 Å². The van der Waals surface area contributed by atoms with E-state index in [1.807, 2.05) is 18.2 Å². The number of anilines is 3. The molecule has 0 saturated carbocycles. The molecule has 188 valence electrons. The van der Waals surface area contributed by atoms with Crippen molar-refractivity contribution in [2.75, 3.05) is 4.90 Å². The quantitative estimate of drug-likeness (QED) is 0.245. The maximum Gasteiger partial charge on any atom is 0.0992 e. The molecule has 0 aromatic heterocycles. The van der Waals surface area contributed by atoms with Crippen LogP contribution >= 0.6 is 0 Å². The second kappa shape index (κ2) is 8.19. The summed E-state index contributed by atoms with van der Waals surface area (Å²) in [5, 5.41) is 9.71. The van der Waals surface area contributed by atoms with Gasteiger partial charge in [-0.05, 0) is 87.0 Å². The molecule has 0 amide bonds. The van der Waals surface area contributed by atoms with Gasteiger partial charge in [0, 0.05) is 27.9 Å². The fraction of sp³-hybridized carbons (Fsp3) is 0.162. The number of benzene rings is 5. The van der Waals surface area contributed by atoms with E-state index in [-0.39, 0.29) is 10.8 Å². The summed E-state index contributed by atoms with van der Waals surface area (Å²) in [6.07, 6.45) is 0. The lowest BCUT2D eigenvalue weighted by Gasteiger charge is -2.29. The van der Waals surface area contributed by atoms with E-state index < -0.39 is 0 Å². The lowest BCUT2D eigenvalue weighted by atomic mass is 9.82. The van der Waals surface area contributed by atoms with Crippen molar-refractivity contribution in [3.05, 3.63) is 137 Å². The molecule has 0 spiro atoms. The molecular weight excluding hydrogens is 472 g/mol. The highest BCUT2D eigenvalue weighted by Gasteiger charge is 2.37. The van der Waals surface area contributed by atoms with Crippen LogP contribution in [0.1, 0.15) is 55.5 Å². The Kier molecular flexibility index (Phi) is 4.94. The number of fused-ring (bicyclic) bond motifs is 6. The molecule has 39 heavy (non-hydrogen) atoms. The minimum atomic E-state index is -0.0936. The van der Waals surface area contributed by atoms with Crippen LogP contribution in [0.2, 0.25) is 0 Å². The van der Waals surface area contributed by atoms with E-state index in [9.17, 15) is 5.26 Å². The number of hydrogen-bond acceptors (Lipinski definition) is 2. The van der Waals surface area contributed by atoms with Crippen LogP contribution in [-0.4, -0.2) is 0 Å². The first-order valence-electron chi connectivity index (χ1n) is 13.6. The maximum atomic E-state index is 9.71. The molecule has 0 saturated heterocycles. The zero-order valence-corrected chi connectivity index (χ0v) is 22.8. The molecular formula is C37H30N2. The molecule has 2 aliphatic rings. The lowest BCUT2D eigenvalue weighted by molar-refractivity contribution is 0.660. The Morgan fingerprint density at radius 1 is 0.487 bits per heavy atom. The first-order chi connectivity index (χ1) is 18.8. The summed E-state index contributed by atoms with van der Waals surface area (Å²) in [7, 11) is 0. The molecule has 2 nitrogen and oxygen atoms in total. The van der Waals surface area contributed by atoms with Gasteiger partial charge in [-0.2, -0.15) is 5.26 Å². The maximum absolute atomic E-state index is 9.71. The SMILES string of the molecule is CC1(C)c2ccccc2-c2ccc(N(c3cccc(C#N)c3)c3ccc4c(c3)C(C)(C)c3ccccc3-4)cc21. The van der Waals surface area contributed by atoms with Gasteiger partial charge in [0.1, 0.15) is 0 Å². The number of hydrogen-bond donors (Lipinski definition) is 0. The summed E-state index contributed by atoms with van der Waals surface area (Å²) < 4.78 is 0. The van der Waals surface area contributed by atoms with Gasteiger partial charge in [0.25, 0.3) is 0 Å². The summed E-state index contributed by atoms with van der Waals surface area (Å²) in [4.78, 5) is 2.31. The average molecular weight is 503 g/mol. The molecule has 0 radical (unpaired) electrons. The molecule has 0 aliphatic heterocycles. The van der Waals surface area contributed by atoms with Crippen LogP contribution in [0.3, 0.4) is 0 Å². The van der Waals surface area contributed by atoms with Gasteiger partial charge in [-0.1, -0.05) is 94.4 Å². The van der Waals surface area contributed by atoms with E-state index in [2.05, 4.69) is 130 Å². The molecule has 5 aromatic carbocycles. The van der Waals surface area contributed by atoms with Crippen LogP contribution in [0.4, 0.5) is 17.1 Å². The van der Waals surface area contributed by atoms with Gasteiger partial charge in [-0.25, -0.2) is 0 Å². The average Bonchev–Trinajstić information content (AvgIpc) is 3.33. The third-order valence-corrected chi connectivity index (χ3v) is 8.88. The van der Waals surface area contributed by atoms with E-state index >= 15 is 0 Å². The fourth-order valence-electron chi connectivity index (χ4n) is 6.82. The molecule has 0 unspecified atom stereocenters. The molecule has 5 aromatic rings. The largest absolute Gasteiger partial charge is 0.310 e. The van der Waals surface area contributed by atoms with Crippen molar-refractivity contribution in [2.24, 2.45) is 0 Å².